The van der Waals surface area contributed by atoms with Gasteiger partial charge in [-0.05, 0) is 11.5 Å². The van der Waals surface area contributed by atoms with Crippen LogP contribution in [0.2, 0.25) is 0 Å². The van der Waals surface area contributed by atoms with Crippen LogP contribution in [0.3, 0.4) is 0 Å². The number of thioether (sulfide) groups is 3. The fraction of sp³-hybridized carbons (Fsp3) is 0.960. The average molecular weight is 581 g/mol. The third kappa shape index (κ3) is 6.05. The molecule has 12 heteroatoms. The normalized spacial score (nSPS) is 35.2. The molecule has 2 spiro atoms. The van der Waals surface area contributed by atoms with Crippen molar-refractivity contribution in [3.63, 3.8) is 0 Å². The summed E-state index contributed by atoms with van der Waals surface area (Å²) in [6.45, 7) is 2.53. The third-order valence-corrected chi connectivity index (χ3v) is 11.5. The van der Waals surface area contributed by atoms with Gasteiger partial charge in [-0.1, -0.05) is 0 Å². The smallest absolute Gasteiger partial charge is 0.175 e. The number of rotatable bonds is 10. The summed E-state index contributed by atoms with van der Waals surface area (Å²) >= 11 is 5.53. The van der Waals surface area contributed by atoms with Gasteiger partial charge in [-0.25, -0.2) is 0 Å². The topological polar surface area (TPSA) is 90.9 Å². The number of carbonyl (C=O) groups is 1. The van der Waals surface area contributed by atoms with Crippen LogP contribution in [0.25, 0.3) is 0 Å². The summed E-state index contributed by atoms with van der Waals surface area (Å²) in [5, 5.41) is 0. The highest BCUT2D eigenvalue weighted by atomic mass is 32.2. The van der Waals surface area contributed by atoms with Crippen LogP contribution in [0.4, 0.5) is 0 Å². The largest absolute Gasteiger partial charge is 0.359 e. The van der Waals surface area contributed by atoms with Crippen molar-refractivity contribution >= 4 is 41.1 Å². The summed E-state index contributed by atoms with van der Waals surface area (Å²) < 4.78 is 48.2. The molecule has 6 atom stereocenters. The van der Waals surface area contributed by atoms with Crippen molar-refractivity contribution < 1.29 is 42.7 Å². The Morgan fingerprint density at radius 2 is 1.16 bits per heavy atom. The second-order valence-corrected chi connectivity index (χ2v) is 13.5. The molecule has 0 N–H and O–H groups in total. The van der Waals surface area contributed by atoms with E-state index in [4.69, 9.17) is 37.9 Å². The van der Waals surface area contributed by atoms with Crippen LogP contribution in [-0.2, 0) is 42.7 Å². The van der Waals surface area contributed by atoms with Crippen LogP contribution >= 0.6 is 35.3 Å². The minimum Gasteiger partial charge on any atom is -0.359 e. The minimum atomic E-state index is -0.691. The van der Waals surface area contributed by atoms with Crippen molar-refractivity contribution in [1.82, 2.24) is 0 Å². The highest BCUT2D eigenvalue weighted by Gasteiger charge is 2.57. The van der Waals surface area contributed by atoms with E-state index in [1.54, 1.807) is 26.0 Å². The quantitative estimate of drug-likeness (QED) is 0.356. The highest BCUT2D eigenvalue weighted by molar-refractivity contribution is 7.99. The van der Waals surface area contributed by atoms with Gasteiger partial charge in [0.15, 0.2) is 11.6 Å². The zero-order chi connectivity index (χ0) is 25.7. The minimum absolute atomic E-state index is 0.0615. The molecule has 0 aromatic heterocycles. The molecule has 5 saturated heterocycles. The predicted octanol–water partition coefficient (Wildman–Crippen LogP) is 2.51. The molecule has 9 nitrogen and oxygen atoms in total. The molecule has 5 aliphatic rings. The molecule has 5 heterocycles. The van der Waals surface area contributed by atoms with Gasteiger partial charge in [0, 0.05) is 61.9 Å². The summed E-state index contributed by atoms with van der Waals surface area (Å²) in [4.78, 5) is 14.4. The molecule has 5 fully saturated rings. The molecule has 0 saturated carbocycles. The molecule has 37 heavy (non-hydrogen) atoms. The number of ether oxygens (including phenoxy) is 8. The zero-order valence-corrected chi connectivity index (χ0v) is 24.2. The van der Waals surface area contributed by atoms with E-state index in [0.29, 0.717) is 37.9 Å². The SMILES string of the molecule is COCO[C@H]([C@H]1CSCCC12OCCO2)[C@H]1CSC[C@@H]([C@@H](OCOC)[C@@H]2CSCCC23OCCO3)C1=O. The lowest BCUT2D eigenvalue weighted by Crippen LogP contribution is -2.58. The van der Waals surface area contributed by atoms with Gasteiger partial charge in [0.2, 0.25) is 0 Å². The standard InChI is InChI=1S/C25H40O9S3/c1-27-15-29-22(19-13-35-9-3-24(19)31-5-6-32-24)17-11-37-12-18(21(17)26)23(30-16-28-2)20-14-36-10-4-25(20)33-7-8-34-25/h17-20,22-23H,3-16H2,1-2H3/t17-,18+,19+,20-,22-,23+. The number of carbonyl (C=O) groups excluding carboxylic acids is 1. The van der Waals surface area contributed by atoms with E-state index in [0.717, 1.165) is 35.9 Å². The van der Waals surface area contributed by atoms with E-state index < -0.39 is 11.6 Å². The van der Waals surface area contributed by atoms with Crippen LogP contribution in [0.5, 0.6) is 0 Å². The van der Waals surface area contributed by atoms with Crippen LogP contribution in [0.1, 0.15) is 12.8 Å². The molecule has 212 valence electrons. The van der Waals surface area contributed by atoms with Gasteiger partial charge >= 0.3 is 0 Å². The molecule has 5 aliphatic heterocycles. The number of hydrogen-bond acceptors (Lipinski definition) is 12. The van der Waals surface area contributed by atoms with Crippen molar-refractivity contribution in [2.24, 2.45) is 23.7 Å². The van der Waals surface area contributed by atoms with Crippen molar-refractivity contribution in [1.29, 1.82) is 0 Å². The first-order valence-electron chi connectivity index (χ1n) is 13.2. The van der Waals surface area contributed by atoms with E-state index in [9.17, 15) is 4.79 Å². The van der Waals surface area contributed by atoms with Gasteiger partial charge in [-0.3, -0.25) is 4.79 Å². The number of Topliss-reactive ketones (excluding diaryl/α,β-unsaturated/α-hetero) is 1. The Kier molecular flexibility index (Phi) is 10.5. The van der Waals surface area contributed by atoms with Crippen LogP contribution in [0, 0.1) is 23.7 Å². The molecule has 5 rings (SSSR count). The predicted molar refractivity (Wildman–Crippen MR) is 143 cm³/mol. The molecular formula is C25H40O9S3. The molecular weight excluding hydrogens is 540 g/mol. The summed E-state index contributed by atoms with van der Waals surface area (Å²) in [6.07, 6.45) is 0.849. The Labute approximate surface area is 232 Å². The monoisotopic (exact) mass is 580 g/mol. The highest BCUT2D eigenvalue weighted by Crippen LogP contribution is 2.48. The van der Waals surface area contributed by atoms with E-state index in [2.05, 4.69) is 0 Å². The lowest BCUT2D eigenvalue weighted by Gasteiger charge is -2.48. The maximum absolute atomic E-state index is 14.4. The van der Waals surface area contributed by atoms with E-state index >= 15 is 0 Å². The average Bonchev–Trinajstić information content (AvgIpc) is 3.58. The fourth-order valence-corrected chi connectivity index (χ4v) is 10.4. The molecule has 0 aromatic carbocycles. The fourth-order valence-electron chi connectivity index (χ4n) is 6.42. The van der Waals surface area contributed by atoms with Gasteiger partial charge in [-0.2, -0.15) is 35.3 Å². The maximum Gasteiger partial charge on any atom is 0.175 e. The Balaban J connectivity index is 1.41. The zero-order valence-electron chi connectivity index (χ0n) is 21.8. The van der Waals surface area contributed by atoms with Crippen LogP contribution < -0.4 is 0 Å². The molecule has 0 radical (unpaired) electrons. The summed E-state index contributed by atoms with van der Waals surface area (Å²) in [7, 11) is 3.23. The molecule has 0 bridgehead atoms. The number of hydrogen-bond donors (Lipinski definition) is 0. The second kappa shape index (κ2) is 13.4. The first-order valence-corrected chi connectivity index (χ1v) is 16.6. The Bertz CT molecular complexity index is 689. The van der Waals surface area contributed by atoms with Crippen molar-refractivity contribution in [3.8, 4) is 0 Å². The number of ketones is 1. The first kappa shape index (κ1) is 28.9. The van der Waals surface area contributed by atoms with E-state index in [-0.39, 0.29) is 55.2 Å². The van der Waals surface area contributed by atoms with Gasteiger partial charge in [0.1, 0.15) is 19.4 Å². The van der Waals surface area contributed by atoms with Gasteiger partial charge < -0.3 is 37.9 Å². The summed E-state index contributed by atoms with van der Waals surface area (Å²) in [6, 6.07) is 0. The van der Waals surface area contributed by atoms with Crippen molar-refractivity contribution in [2.75, 3.05) is 88.8 Å². The lowest BCUT2D eigenvalue weighted by molar-refractivity contribution is -0.238. The Hall–Kier alpha value is 0.400. The third-order valence-electron chi connectivity index (χ3n) is 8.14. The molecule has 0 aliphatic carbocycles. The van der Waals surface area contributed by atoms with Gasteiger partial charge in [-0.15, -0.1) is 0 Å². The van der Waals surface area contributed by atoms with Crippen LogP contribution in [0.15, 0.2) is 0 Å². The Morgan fingerprint density at radius 1 is 0.730 bits per heavy atom. The van der Waals surface area contributed by atoms with Crippen molar-refractivity contribution in [2.45, 2.75) is 36.6 Å². The van der Waals surface area contributed by atoms with Gasteiger partial charge in [0.05, 0.1) is 50.5 Å². The van der Waals surface area contributed by atoms with Crippen LogP contribution in [-0.4, -0.2) is 118 Å². The second-order valence-electron chi connectivity index (χ2n) is 10.1. The van der Waals surface area contributed by atoms with E-state index in [1.165, 1.54) is 0 Å². The summed E-state index contributed by atoms with van der Waals surface area (Å²) in [5.41, 5.74) is 0. The molecule has 0 aromatic rings. The summed E-state index contributed by atoms with van der Waals surface area (Å²) in [5.74, 6) is 2.99. The Morgan fingerprint density at radius 3 is 1.57 bits per heavy atom. The van der Waals surface area contributed by atoms with Gasteiger partial charge in [0.25, 0.3) is 0 Å². The molecule has 0 unspecified atom stereocenters. The lowest BCUT2D eigenvalue weighted by atomic mass is 9.76. The molecule has 0 amide bonds. The number of methoxy groups -OCH3 is 2. The maximum atomic E-state index is 14.4. The van der Waals surface area contributed by atoms with Crippen molar-refractivity contribution in [3.05, 3.63) is 0 Å². The van der Waals surface area contributed by atoms with E-state index in [1.807, 2.05) is 23.5 Å². The first-order chi connectivity index (χ1) is 18.1.